The van der Waals surface area contributed by atoms with E-state index < -0.39 is 5.60 Å². The number of rotatable bonds is 12. The second-order valence-electron chi connectivity index (χ2n) is 9.33. The van der Waals surface area contributed by atoms with Gasteiger partial charge in [-0.05, 0) is 65.1 Å². The van der Waals surface area contributed by atoms with Crippen LogP contribution in [0.2, 0.25) is 0 Å². The molecule has 0 aromatic heterocycles. The van der Waals surface area contributed by atoms with Gasteiger partial charge in [-0.2, -0.15) is 0 Å². The average molecular weight is 446 g/mol. The van der Waals surface area contributed by atoms with Crippen LogP contribution in [0.4, 0.5) is 4.79 Å². The minimum Gasteiger partial charge on any atom is -0.444 e. The molecule has 7 nitrogen and oxygen atoms in total. The van der Waals surface area contributed by atoms with E-state index in [9.17, 15) is 14.4 Å². The minimum atomic E-state index is -0.501. The molecule has 0 spiro atoms. The molecule has 0 aliphatic carbocycles. The van der Waals surface area contributed by atoms with Crippen molar-refractivity contribution in [2.45, 2.75) is 78.4 Å². The Kier molecular flexibility index (Phi) is 9.69. The first-order chi connectivity index (χ1) is 15.2. The topological polar surface area (TPSA) is 79.0 Å². The van der Waals surface area contributed by atoms with Crippen LogP contribution in [0.5, 0.6) is 0 Å². The zero-order valence-electron chi connectivity index (χ0n) is 20.3. The lowest BCUT2D eigenvalue weighted by Crippen LogP contribution is -2.42. The molecule has 0 fully saturated rings. The molecular weight excluding hydrogens is 406 g/mol. The number of ether oxygens (including phenoxy) is 1. The Morgan fingerprint density at radius 2 is 1.69 bits per heavy atom. The summed E-state index contributed by atoms with van der Waals surface area (Å²) >= 11 is 0. The van der Waals surface area contributed by atoms with Crippen molar-refractivity contribution in [2.24, 2.45) is 0 Å². The van der Waals surface area contributed by atoms with Gasteiger partial charge in [-0.3, -0.25) is 19.4 Å². The lowest BCUT2D eigenvalue weighted by atomic mass is 10.0. The fraction of sp³-hybridized carbons (Fsp3) is 0.640. The summed E-state index contributed by atoms with van der Waals surface area (Å²) in [4.78, 5) is 40.7. The number of carbonyl (C=O) groups excluding carboxylic acids is 3. The molecule has 3 amide bonds. The van der Waals surface area contributed by atoms with Crippen LogP contribution in [0.3, 0.4) is 0 Å². The summed E-state index contributed by atoms with van der Waals surface area (Å²) in [5.41, 5.74) is 0.518. The van der Waals surface area contributed by atoms with E-state index >= 15 is 0 Å². The lowest BCUT2D eigenvalue weighted by Gasteiger charge is -2.31. The first-order valence-corrected chi connectivity index (χ1v) is 11.8. The first-order valence-electron chi connectivity index (χ1n) is 11.8. The second-order valence-corrected chi connectivity index (χ2v) is 9.33. The molecule has 1 aromatic carbocycles. The van der Waals surface area contributed by atoms with Crippen molar-refractivity contribution in [3.63, 3.8) is 0 Å². The third-order valence-electron chi connectivity index (χ3n) is 5.61. The molecular formula is C25H39N3O4. The number of amides is 3. The monoisotopic (exact) mass is 445 g/mol. The quantitative estimate of drug-likeness (QED) is 0.379. The van der Waals surface area contributed by atoms with Crippen molar-refractivity contribution in [3.8, 4) is 0 Å². The number of nitrogens with zero attached hydrogens (tertiary/aromatic N) is 2. The van der Waals surface area contributed by atoms with Crippen LogP contribution in [-0.2, 0) is 4.74 Å². The fourth-order valence-corrected chi connectivity index (χ4v) is 4.12. The average Bonchev–Trinajstić information content (AvgIpc) is 2.97. The molecule has 1 aliphatic heterocycles. The van der Waals surface area contributed by atoms with Crippen molar-refractivity contribution in [1.29, 1.82) is 0 Å². The summed E-state index contributed by atoms with van der Waals surface area (Å²) in [6, 6.07) is 7.42. The number of hydrogen-bond donors (Lipinski definition) is 1. The minimum absolute atomic E-state index is 0.182. The Morgan fingerprint density at radius 1 is 1.06 bits per heavy atom. The maximum atomic E-state index is 12.5. The van der Waals surface area contributed by atoms with Gasteiger partial charge in [0.2, 0.25) is 0 Å². The van der Waals surface area contributed by atoms with E-state index in [1.54, 1.807) is 24.3 Å². The van der Waals surface area contributed by atoms with Crippen LogP contribution >= 0.6 is 0 Å². The third kappa shape index (κ3) is 7.33. The van der Waals surface area contributed by atoms with Crippen LogP contribution in [0.15, 0.2) is 24.3 Å². The first kappa shape index (κ1) is 25.8. The Labute approximate surface area is 192 Å². The van der Waals surface area contributed by atoms with Gasteiger partial charge in [0.15, 0.2) is 0 Å². The van der Waals surface area contributed by atoms with Gasteiger partial charge >= 0.3 is 6.09 Å². The van der Waals surface area contributed by atoms with E-state index in [0.717, 1.165) is 45.2 Å². The zero-order valence-corrected chi connectivity index (χ0v) is 20.3. The van der Waals surface area contributed by atoms with E-state index in [0.29, 0.717) is 30.3 Å². The summed E-state index contributed by atoms with van der Waals surface area (Å²) in [6.45, 7) is 12.6. The van der Waals surface area contributed by atoms with Crippen molar-refractivity contribution >= 4 is 17.9 Å². The lowest BCUT2D eigenvalue weighted by molar-refractivity contribution is 0.0514. The predicted molar refractivity (Wildman–Crippen MR) is 126 cm³/mol. The highest BCUT2D eigenvalue weighted by molar-refractivity contribution is 6.21. The number of benzene rings is 1. The van der Waals surface area contributed by atoms with Gasteiger partial charge in [0, 0.05) is 25.7 Å². The number of hydrogen-bond acceptors (Lipinski definition) is 5. The fourth-order valence-electron chi connectivity index (χ4n) is 4.12. The van der Waals surface area contributed by atoms with Crippen LogP contribution in [0.1, 0.15) is 87.4 Å². The number of unbranched alkanes of at least 4 members (excludes halogenated alkanes) is 1. The van der Waals surface area contributed by atoms with Crippen LogP contribution in [0, 0.1) is 0 Å². The number of nitrogens with one attached hydrogen (secondary N) is 1. The molecule has 0 bridgehead atoms. The van der Waals surface area contributed by atoms with Gasteiger partial charge in [-0.25, -0.2) is 4.79 Å². The number of fused-ring (bicyclic) bond motifs is 1. The highest BCUT2D eigenvalue weighted by Gasteiger charge is 2.34. The molecule has 1 heterocycles. The highest BCUT2D eigenvalue weighted by Crippen LogP contribution is 2.23. The Hall–Kier alpha value is -2.41. The van der Waals surface area contributed by atoms with Gasteiger partial charge in [0.1, 0.15) is 5.60 Å². The molecule has 32 heavy (non-hydrogen) atoms. The van der Waals surface area contributed by atoms with E-state index in [-0.39, 0.29) is 17.9 Å². The van der Waals surface area contributed by atoms with Crippen LogP contribution < -0.4 is 5.32 Å². The zero-order chi connectivity index (χ0) is 23.7. The summed E-state index contributed by atoms with van der Waals surface area (Å²) in [7, 11) is 0. The molecule has 0 radical (unpaired) electrons. The maximum absolute atomic E-state index is 12.5. The van der Waals surface area contributed by atoms with Gasteiger partial charge in [0.25, 0.3) is 11.8 Å². The largest absolute Gasteiger partial charge is 0.444 e. The third-order valence-corrected chi connectivity index (χ3v) is 5.61. The van der Waals surface area contributed by atoms with Crippen molar-refractivity contribution in [2.75, 3.05) is 26.2 Å². The molecule has 1 unspecified atom stereocenters. The summed E-state index contributed by atoms with van der Waals surface area (Å²) < 4.78 is 5.31. The van der Waals surface area contributed by atoms with Crippen molar-refractivity contribution < 1.29 is 19.1 Å². The molecule has 1 N–H and O–H groups in total. The summed E-state index contributed by atoms with van der Waals surface area (Å²) in [5.74, 6) is -0.364. The maximum Gasteiger partial charge on any atom is 0.407 e. The molecule has 0 saturated heterocycles. The molecule has 7 heteroatoms. The van der Waals surface area contributed by atoms with E-state index in [1.165, 1.54) is 4.90 Å². The molecule has 0 saturated carbocycles. The van der Waals surface area contributed by atoms with E-state index in [4.69, 9.17) is 4.74 Å². The van der Waals surface area contributed by atoms with E-state index in [2.05, 4.69) is 24.1 Å². The summed E-state index contributed by atoms with van der Waals surface area (Å²) in [6.07, 6.45) is 4.38. The number of imide groups is 1. The van der Waals surface area contributed by atoms with Crippen LogP contribution in [-0.4, -0.2) is 65.5 Å². The van der Waals surface area contributed by atoms with Gasteiger partial charge in [-0.15, -0.1) is 0 Å². The Balaban J connectivity index is 1.78. The number of alkyl carbamates (subject to hydrolysis) is 1. The summed E-state index contributed by atoms with van der Waals surface area (Å²) in [5, 5.41) is 2.85. The molecule has 178 valence electrons. The van der Waals surface area contributed by atoms with E-state index in [1.807, 2.05) is 20.8 Å². The van der Waals surface area contributed by atoms with Crippen molar-refractivity contribution in [3.05, 3.63) is 35.4 Å². The molecule has 1 aliphatic rings. The van der Waals surface area contributed by atoms with Gasteiger partial charge in [0.05, 0.1) is 11.1 Å². The van der Waals surface area contributed by atoms with Crippen molar-refractivity contribution in [1.82, 2.24) is 15.1 Å². The molecule has 2 rings (SSSR count). The predicted octanol–water partition coefficient (Wildman–Crippen LogP) is 4.47. The Morgan fingerprint density at radius 3 is 2.22 bits per heavy atom. The molecule has 1 aromatic rings. The second kappa shape index (κ2) is 12.0. The number of carbonyl (C=O) groups is 3. The standard InChI is InChI=1S/C25H39N3O4/c1-6-16-27(18-15-26-24(31)32-25(3,4)5)19(7-2)12-10-11-17-28-22(29)20-13-8-9-14-21(20)23(28)30/h8-9,13-14,19H,6-7,10-12,15-18H2,1-5H3,(H,26,31). The molecule has 1 atom stereocenters. The Bertz CT molecular complexity index is 753. The van der Waals surface area contributed by atoms with Crippen LogP contribution in [0.25, 0.3) is 0 Å². The normalized spacial score (nSPS) is 14.6. The SMILES string of the molecule is CCCN(CCNC(=O)OC(C)(C)C)C(CC)CCCCN1C(=O)c2ccccc2C1=O. The van der Waals surface area contributed by atoms with Gasteiger partial charge < -0.3 is 10.1 Å². The highest BCUT2D eigenvalue weighted by atomic mass is 16.6. The van der Waals surface area contributed by atoms with Gasteiger partial charge in [-0.1, -0.05) is 32.4 Å². The smallest absolute Gasteiger partial charge is 0.407 e.